The van der Waals surface area contributed by atoms with Crippen LogP contribution in [0.5, 0.6) is 0 Å². The monoisotopic (exact) mass is 666 g/mol. The molecule has 0 spiro atoms. The van der Waals surface area contributed by atoms with E-state index >= 15 is 0 Å². The summed E-state index contributed by atoms with van der Waals surface area (Å²) in [6.07, 6.45) is 10.1. The third-order valence-electron chi connectivity index (χ3n) is 10.8. The maximum Gasteiger partial charge on any atom is 0.338 e. The zero-order valence-electron chi connectivity index (χ0n) is 30.2. The van der Waals surface area contributed by atoms with Crippen molar-refractivity contribution in [3.8, 4) is 11.1 Å². The SMILES string of the molecule is CCCCCC(C)(CC[C@H]1C(O)C[C@H](OC(=O)c2ccc(-c3ccccc3)cc2)[C@@H]1CCCCCCC(=O)O)O[Si](C)(C)C(C)(C)C. The molecule has 2 unspecified atom stereocenters. The summed E-state index contributed by atoms with van der Waals surface area (Å²) in [6.45, 7) is 16.0. The molecule has 0 heterocycles. The summed E-state index contributed by atoms with van der Waals surface area (Å²) < 4.78 is 13.3. The van der Waals surface area contributed by atoms with Crippen LogP contribution < -0.4 is 0 Å². The van der Waals surface area contributed by atoms with Gasteiger partial charge in [0.2, 0.25) is 0 Å². The molecule has 1 aliphatic carbocycles. The summed E-state index contributed by atoms with van der Waals surface area (Å²) in [7, 11) is -2.03. The van der Waals surface area contributed by atoms with Gasteiger partial charge in [0.15, 0.2) is 8.32 Å². The van der Waals surface area contributed by atoms with E-state index in [1.807, 2.05) is 54.6 Å². The van der Waals surface area contributed by atoms with Crippen molar-refractivity contribution in [2.45, 2.75) is 154 Å². The Morgan fingerprint density at radius 3 is 2.06 bits per heavy atom. The molecular formula is C40H62O6Si. The number of carboxylic acids is 1. The van der Waals surface area contributed by atoms with Gasteiger partial charge in [-0.1, -0.05) is 109 Å². The average Bonchev–Trinajstić information content (AvgIpc) is 3.30. The highest BCUT2D eigenvalue weighted by Crippen LogP contribution is 2.45. The van der Waals surface area contributed by atoms with Crippen LogP contribution in [-0.2, 0) is 14.0 Å². The number of hydrogen-bond donors (Lipinski definition) is 2. The predicted molar refractivity (Wildman–Crippen MR) is 194 cm³/mol. The number of unbranched alkanes of at least 4 members (excludes halogenated alkanes) is 5. The second-order valence-electron chi connectivity index (χ2n) is 15.7. The number of carboxylic acid groups (broad SMARTS) is 1. The normalized spacial score (nSPS) is 21.4. The molecule has 0 amide bonds. The molecule has 0 aromatic heterocycles. The number of carbonyl (C=O) groups is 2. The quantitative estimate of drug-likeness (QED) is 0.0880. The fourth-order valence-corrected chi connectivity index (χ4v) is 8.69. The Labute approximate surface area is 285 Å². The molecule has 0 saturated heterocycles. The first-order valence-electron chi connectivity index (χ1n) is 18.1. The lowest BCUT2D eigenvalue weighted by Crippen LogP contribution is -2.49. The minimum atomic E-state index is -2.03. The van der Waals surface area contributed by atoms with E-state index in [0.717, 1.165) is 68.9 Å². The molecule has 1 saturated carbocycles. The van der Waals surface area contributed by atoms with Crippen molar-refractivity contribution in [3.63, 3.8) is 0 Å². The molecule has 0 radical (unpaired) electrons. The molecule has 0 aliphatic heterocycles. The lowest BCUT2D eigenvalue weighted by Gasteiger charge is -2.45. The lowest BCUT2D eigenvalue weighted by molar-refractivity contribution is -0.137. The number of ether oxygens (including phenoxy) is 1. The first-order valence-corrected chi connectivity index (χ1v) is 21.0. The van der Waals surface area contributed by atoms with Gasteiger partial charge in [-0.15, -0.1) is 0 Å². The Morgan fingerprint density at radius 1 is 0.809 bits per heavy atom. The van der Waals surface area contributed by atoms with Crippen LogP contribution in [0.25, 0.3) is 11.1 Å². The maximum atomic E-state index is 13.4. The van der Waals surface area contributed by atoms with Crippen molar-refractivity contribution in [1.82, 2.24) is 0 Å². The number of benzene rings is 2. The van der Waals surface area contributed by atoms with Gasteiger partial charge in [-0.05, 0) is 86.3 Å². The molecule has 0 bridgehead atoms. The van der Waals surface area contributed by atoms with Gasteiger partial charge in [0, 0.05) is 18.8 Å². The summed E-state index contributed by atoms with van der Waals surface area (Å²) in [6, 6.07) is 17.6. The minimum absolute atomic E-state index is 0.0146. The fourth-order valence-electron chi connectivity index (χ4n) is 6.95. The molecule has 1 aliphatic rings. The van der Waals surface area contributed by atoms with Gasteiger partial charge < -0.3 is 19.4 Å². The molecule has 2 aromatic rings. The van der Waals surface area contributed by atoms with Crippen molar-refractivity contribution in [1.29, 1.82) is 0 Å². The Balaban J connectivity index is 1.75. The van der Waals surface area contributed by atoms with E-state index in [1.165, 1.54) is 6.42 Å². The van der Waals surface area contributed by atoms with E-state index in [9.17, 15) is 14.7 Å². The van der Waals surface area contributed by atoms with Crippen LogP contribution in [0.15, 0.2) is 54.6 Å². The Hall–Kier alpha value is -2.48. The molecule has 5 atom stereocenters. The maximum absolute atomic E-state index is 13.4. The number of aliphatic hydroxyl groups is 1. The van der Waals surface area contributed by atoms with E-state index in [0.29, 0.717) is 18.4 Å². The first kappa shape index (κ1) is 39.0. The molecule has 6 nitrogen and oxygen atoms in total. The van der Waals surface area contributed by atoms with Crippen molar-refractivity contribution < 1.29 is 29.0 Å². The van der Waals surface area contributed by atoms with E-state index in [-0.39, 0.29) is 41.0 Å². The number of aliphatic hydroxyl groups excluding tert-OH is 1. The van der Waals surface area contributed by atoms with Gasteiger partial charge in [-0.2, -0.15) is 0 Å². The zero-order chi connectivity index (χ0) is 34.7. The molecule has 1 fully saturated rings. The van der Waals surface area contributed by atoms with Gasteiger partial charge in [0.25, 0.3) is 0 Å². The Bertz CT molecular complexity index is 1240. The molecule has 3 rings (SSSR count). The van der Waals surface area contributed by atoms with Gasteiger partial charge in [-0.3, -0.25) is 4.79 Å². The molecule has 2 N–H and O–H groups in total. The summed E-state index contributed by atoms with van der Waals surface area (Å²) in [5, 5.41) is 20.6. The highest BCUT2D eigenvalue weighted by molar-refractivity contribution is 6.74. The van der Waals surface area contributed by atoms with E-state index in [2.05, 4.69) is 47.7 Å². The van der Waals surface area contributed by atoms with Crippen LogP contribution in [0, 0.1) is 11.8 Å². The van der Waals surface area contributed by atoms with Gasteiger partial charge in [0.05, 0.1) is 17.3 Å². The second kappa shape index (κ2) is 17.8. The summed E-state index contributed by atoms with van der Waals surface area (Å²) in [5.41, 5.74) is 2.38. The molecule has 47 heavy (non-hydrogen) atoms. The highest BCUT2D eigenvalue weighted by Gasteiger charge is 2.47. The average molecular weight is 667 g/mol. The van der Waals surface area contributed by atoms with Crippen LogP contribution in [-0.4, -0.2) is 48.3 Å². The number of aliphatic carboxylic acids is 1. The van der Waals surface area contributed by atoms with Crippen molar-refractivity contribution >= 4 is 20.3 Å². The van der Waals surface area contributed by atoms with Crippen LogP contribution >= 0.6 is 0 Å². The minimum Gasteiger partial charge on any atom is -0.481 e. The lowest BCUT2D eigenvalue weighted by atomic mass is 9.81. The first-order chi connectivity index (χ1) is 22.2. The molecule has 7 heteroatoms. The third kappa shape index (κ3) is 11.9. The van der Waals surface area contributed by atoms with Crippen LogP contribution in [0.2, 0.25) is 18.1 Å². The standard InChI is InChI=1S/C40H62O6Si/c1-8-9-17-27-40(5,46-47(6,7)39(2,3)4)28-26-33-34(20-15-10-11-16-21-37(42)43)36(29-35(33)41)45-38(44)32-24-22-31(23-25-32)30-18-13-12-14-19-30/h12-14,18-19,22-25,33-36,41H,8-11,15-17,20-21,26-29H2,1-7H3,(H,42,43)/t33-,34-,35?,36+,40?/m1/s1. The van der Waals surface area contributed by atoms with Crippen molar-refractivity contribution in [2.24, 2.45) is 11.8 Å². The van der Waals surface area contributed by atoms with E-state index in [1.54, 1.807) is 0 Å². The van der Waals surface area contributed by atoms with Crippen LogP contribution in [0.3, 0.4) is 0 Å². The summed E-state index contributed by atoms with van der Waals surface area (Å²) in [5.74, 6) is -1.04. The topological polar surface area (TPSA) is 93.1 Å². The van der Waals surface area contributed by atoms with Crippen LogP contribution in [0.4, 0.5) is 0 Å². The van der Waals surface area contributed by atoms with Gasteiger partial charge in [-0.25, -0.2) is 4.79 Å². The molecular weight excluding hydrogens is 605 g/mol. The highest BCUT2D eigenvalue weighted by atomic mass is 28.4. The Kier molecular flexibility index (Phi) is 14.7. The van der Waals surface area contributed by atoms with Crippen molar-refractivity contribution in [2.75, 3.05) is 0 Å². The van der Waals surface area contributed by atoms with Crippen molar-refractivity contribution in [3.05, 3.63) is 60.2 Å². The number of rotatable bonds is 19. The van der Waals surface area contributed by atoms with E-state index in [4.69, 9.17) is 14.3 Å². The molecule has 2 aromatic carbocycles. The van der Waals surface area contributed by atoms with Crippen LogP contribution in [0.1, 0.15) is 128 Å². The molecule has 262 valence electrons. The smallest absolute Gasteiger partial charge is 0.338 e. The van der Waals surface area contributed by atoms with Gasteiger partial charge in [0.1, 0.15) is 6.10 Å². The predicted octanol–water partition coefficient (Wildman–Crippen LogP) is 10.4. The number of hydrogen-bond acceptors (Lipinski definition) is 5. The number of carbonyl (C=O) groups excluding carboxylic acids is 1. The zero-order valence-corrected chi connectivity index (χ0v) is 31.2. The Morgan fingerprint density at radius 2 is 1.45 bits per heavy atom. The fraction of sp³-hybridized carbons (Fsp3) is 0.650. The largest absolute Gasteiger partial charge is 0.481 e. The summed E-state index contributed by atoms with van der Waals surface area (Å²) >= 11 is 0. The summed E-state index contributed by atoms with van der Waals surface area (Å²) in [4.78, 5) is 24.4. The third-order valence-corrected chi connectivity index (χ3v) is 15.4. The van der Waals surface area contributed by atoms with Gasteiger partial charge >= 0.3 is 11.9 Å². The second-order valence-corrected chi connectivity index (χ2v) is 20.4. The number of esters is 1. The van der Waals surface area contributed by atoms with E-state index < -0.39 is 20.4 Å².